The zero-order valence-corrected chi connectivity index (χ0v) is 16.8. The van der Waals surface area contributed by atoms with E-state index in [4.69, 9.17) is 16.3 Å². The molecule has 0 unspecified atom stereocenters. The molecule has 8 nitrogen and oxygen atoms in total. The van der Waals surface area contributed by atoms with E-state index in [1.807, 2.05) is 38.1 Å². The molecular formula is C21H26N6O2. The number of nitrogens with two attached hydrogens (primary N) is 2. The average Bonchev–Trinajstić information content (AvgIpc) is 2.90. The van der Waals surface area contributed by atoms with Crippen molar-refractivity contribution in [3.05, 3.63) is 47.3 Å². The molecule has 8 heteroatoms. The van der Waals surface area contributed by atoms with Gasteiger partial charge < -0.3 is 11.5 Å². The van der Waals surface area contributed by atoms with Crippen LogP contribution in [-0.2, 0) is 16.2 Å². The lowest BCUT2D eigenvalue weighted by Crippen LogP contribution is -2.34. The van der Waals surface area contributed by atoms with Gasteiger partial charge in [0.2, 0.25) is 0 Å². The first-order chi connectivity index (χ1) is 14.0. The molecule has 3 rings (SSSR count). The van der Waals surface area contributed by atoms with Crippen molar-refractivity contribution in [1.82, 2.24) is 15.0 Å². The van der Waals surface area contributed by atoms with Crippen molar-refractivity contribution in [2.45, 2.75) is 33.2 Å². The minimum atomic E-state index is -0.190. The highest BCUT2D eigenvalue weighted by Gasteiger charge is 2.22. The molecule has 0 fully saturated rings. The Morgan fingerprint density at radius 2 is 2.00 bits per heavy atom. The zero-order valence-electron chi connectivity index (χ0n) is 16.8. The van der Waals surface area contributed by atoms with Crippen LogP contribution in [0.2, 0.25) is 0 Å². The van der Waals surface area contributed by atoms with Gasteiger partial charge in [-0.05, 0) is 25.5 Å². The summed E-state index contributed by atoms with van der Waals surface area (Å²) in [7, 11) is 0. The fraction of sp³-hybridized carbons (Fsp3) is 0.333. The third kappa shape index (κ3) is 4.85. The quantitative estimate of drug-likeness (QED) is 0.697. The smallest absolute Gasteiger partial charge is 0.273 e. The normalized spacial score (nSPS) is 13.2. The summed E-state index contributed by atoms with van der Waals surface area (Å²) in [4.78, 5) is 31.6. The molecule has 0 saturated heterocycles. The molecule has 0 bridgehead atoms. The minimum Gasteiger partial charge on any atom is -0.387 e. The molecule has 152 valence electrons. The lowest BCUT2D eigenvalue weighted by atomic mass is 10.0. The Kier molecular flexibility index (Phi) is 6.69. The van der Waals surface area contributed by atoms with Gasteiger partial charge in [0.15, 0.2) is 5.82 Å². The van der Waals surface area contributed by atoms with Crippen LogP contribution in [0.3, 0.4) is 0 Å². The van der Waals surface area contributed by atoms with Crippen LogP contribution in [0.4, 0.5) is 5.69 Å². The third-order valence-corrected chi connectivity index (χ3v) is 4.41. The Bertz CT molecular complexity index is 931. The first-order valence-corrected chi connectivity index (χ1v) is 9.69. The highest BCUT2D eigenvalue weighted by atomic mass is 16.7. The van der Waals surface area contributed by atoms with Crippen LogP contribution >= 0.6 is 0 Å². The fourth-order valence-electron chi connectivity index (χ4n) is 3.02. The first-order valence-electron chi connectivity index (χ1n) is 9.69. The number of aliphatic imine (C=N–C) groups is 1. The third-order valence-electron chi connectivity index (χ3n) is 4.41. The van der Waals surface area contributed by atoms with Gasteiger partial charge in [-0.3, -0.25) is 9.63 Å². The van der Waals surface area contributed by atoms with Gasteiger partial charge in [0.05, 0.1) is 12.3 Å². The number of carbonyl (C=O) groups is 1. The predicted molar refractivity (Wildman–Crippen MR) is 113 cm³/mol. The van der Waals surface area contributed by atoms with Gasteiger partial charge in [-0.15, -0.1) is 0 Å². The Morgan fingerprint density at radius 3 is 2.66 bits per heavy atom. The summed E-state index contributed by atoms with van der Waals surface area (Å²) in [6.07, 6.45) is 6.30. The van der Waals surface area contributed by atoms with Gasteiger partial charge in [0.1, 0.15) is 5.84 Å². The average molecular weight is 394 g/mol. The highest BCUT2D eigenvalue weighted by molar-refractivity contribution is 6.05. The van der Waals surface area contributed by atoms with Crippen molar-refractivity contribution >= 4 is 23.5 Å². The van der Waals surface area contributed by atoms with Gasteiger partial charge in [0.25, 0.3) is 5.91 Å². The number of benzene rings is 1. The molecule has 1 aliphatic heterocycles. The Hall–Kier alpha value is -3.10. The van der Waals surface area contributed by atoms with E-state index in [2.05, 4.69) is 15.0 Å². The van der Waals surface area contributed by atoms with Gasteiger partial charge in [0, 0.05) is 54.2 Å². The van der Waals surface area contributed by atoms with Crippen LogP contribution in [0.5, 0.6) is 0 Å². The summed E-state index contributed by atoms with van der Waals surface area (Å²) in [5, 5.41) is 1.39. The number of aromatic nitrogens is 2. The van der Waals surface area contributed by atoms with Crippen molar-refractivity contribution in [2.75, 3.05) is 13.2 Å². The van der Waals surface area contributed by atoms with Crippen molar-refractivity contribution in [3.8, 4) is 11.4 Å². The maximum absolute atomic E-state index is 12.9. The van der Waals surface area contributed by atoms with Gasteiger partial charge in [-0.1, -0.05) is 19.1 Å². The lowest BCUT2D eigenvalue weighted by molar-refractivity contribution is -0.180. The SMILES string of the molecule is CCCN(OCC)C(=O)C1=Cc2ccc(-c3ncc(CN)cn3)cc2N=C(N)C1. The molecule has 1 aliphatic rings. The second kappa shape index (κ2) is 9.40. The monoisotopic (exact) mass is 394 g/mol. The standard InChI is InChI=1S/C21H26N6O2/c1-3-7-27(29-4-2)21(28)17-8-15-5-6-16(9-18(15)26-19(23)10-17)20-24-12-14(11-22)13-25-20/h5-6,8-9,12-13H,3-4,7,10-11,22H2,1-2H3,(H2,23,26). The van der Waals surface area contributed by atoms with Crippen molar-refractivity contribution in [2.24, 2.45) is 16.5 Å². The topological polar surface area (TPSA) is 120 Å². The molecule has 1 aromatic carbocycles. The Labute approximate surface area is 170 Å². The number of hydroxylamine groups is 2. The zero-order chi connectivity index (χ0) is 20.8. The number of fused-ring (bicyclic) bond motifs is 1. The maximum Gasteiger partial charge on any atom is 0.273 e. The second-order valence-electron chi connectivity index (χ2n) is 6.67. The lowest BCUT2D eigenvalue weighted by Gasteiger charge is -2.21. The molecular weight excluding hydrogens is 368 g/mol. The maximum atomic E-state index is 12.9. The van der Waals surface area contributed by atoms with E-state index in [-0.39, 0.29) is 12.3 Å². The fourth-order valence-corrected chi connectivity index (χ4v) is 3.02. The van der Waals surface area contributed by atoms with Gasteiger partial charge in [-0.25, -0.2) is 20.0 Å². The van der Waals surface area contributed by atoms with E-state index in [1.165, 1.54) is 5.06 Å². The van der Waals surface area contributed by atoms with Gasteiger partial charge >= 0.3 is 0 Å². The van der Waals surface area contributed by atoms with Crippen molar-refractivity contribution < 1.29 is 9.63 Å². The predicted octanol–water partition coefficient (Wildman–Crippen LogP) is 2.57. The Morgan fingerprint density at radius 1 is 1.24 bits per heavy atom. The Balaban J connectivity index is 1.94. The van der Waals surface area contributed by atoms with Crippen LogP contribution in [0.15, 0.2) is 41.2 Å². The van der Waals surface area contributed by atoms with Crippen molar-refractivity contribution in [3.63, 3.8) is 0 Å². The summed E-state index contributed by atoms with van der Waals surface area (Å²) in [5.74, 6) is 0.756. The summed E-state index contributed by atoms with van der Waals surface area (Å²) in [6.45, 7) is 5.18. The molecule has 1 amide bonds. The largest absolute Gasteiger partial charge is 0.387 e. The van der Waals surface area contributed by atoms with Crippen LogP contribution in [-0.4, -0.2) is 39.9 Å². The number of hydrogen-bond acceptors (Lipinski definition) is 7. The van der Waals surface area contributed by atoms with Crippen LogP contribution < -0.4 is 11.5 Å². The van der Waals surface area contributed by atoms with Crippen molar-refractivity contribution in [1.29, 1.82) is 0 Å². The molecule has 1 aromatic heterocycles. The van der Waals surface area contributed by atoms with E-state index in [9.17, 15) is 4.79 Å². The molecule has 0 radical (unpaired) electrons. The summed E-state index contributed by atoms with van der Waals surface area (Å²) in [5.41, 5.74) is 15.4. The first kappa shape index (κ1) is 20.6. The van der Waals surface area contributed by atoms with Crippen LogP contribution in [0.1, 0.15) is 37.8 Å². The number of amidine groups is 1. The molecule has 2 aromatic rings. The van der Waals surface area contributed by atoms with Crippen LogP contribution in [0.25, 0.3) is 17.5 Å². The number of nitrogens with zero attached hydrogens (tertiary/aromatic N) is 4. The summed E-state index contributed by atoms with van der Waals surface area (Å²) >= 11 is 0. The molecule has 2 heterocycles. The van der Waals surface area contributed by atoms with E-state index in [1.54, 1.807) is 12.4 Å². The summed E-state index contributed by atoms with van der Waals surface area (Å²) in [6, 6.07) is 5.67. The highest BCUT2D eigenvalue weighted by Crippen LogP contribution is 2.31. The number of carbonyl (C=O) groups excluding carboxylic acids is 1. The molecule has 0 spiro atoms. The molecule has 0 aliphatic carbocycles. The second-order valence-corrected chi connectivity index (χ2v) is 6.67. The summed E-state index contributed by atoms with van der Waals surface area (Å²) < 4.78 is 0. The van der Waals surface area contributed by atoms with Crippen LogP contribution in [0, 0.1) is 0 Å². The van der Waals surface area contributed by atoms with E-state index >= 15 is 0 Å². The number of hydrogen-bond donors (Lipinski definition) is 2. The minimum absolute atomic E-state index is 0.190. The molecule has 29 heavy (non-hydrogen) atoms. The molecule has 4 N–H and O–H groups in total. The molecule has 0 saturated carbocycles. The van der Waals surface area contributed by atoms with E-state index in [0.717, 1.165) is 23.1 Å². The number of rotatable bonds is 7. The van der Waals surface area contributed by atoms with E-state index in [0.29, 0.717) is 42.6 Å². The molecule has 0 atom stereocenters. The van der Waals surface area contributed by atoms with Gasteiger partial charge in [-0.2, -0.15) is 0 Å². The number of amides is 1. The van der Waals surface area contributed by atoms with E-state index < -0.39 is 0 Å².